The molecule has 3 heteroatoms. The van der Waals surface area contributed by atoms with Gasteiger partial charge in [0, 0.05) is 27.0 Å². The summed E-state index contributed by atoms with van der Waals surface area (Å²) in [6, 6.07) is 54.8. The van der Waals surface area contributed by atoms with Crippen LogP contribution in [0.3, 0.4) is 0 Å². The van der Waals surface area contributed by atoms with Crippen LogP contribution >= 0.6 is 11.3 Å². The van der Waals surface area contributed by atoms with E-state index in [0.29, 0.717) is 0 Å². The van der Waals surface area contributed by atoms with Gasteiger partial charge in [0.2, 0.25) is 0 Å². The van der Waals surface area contributed by atoms with Crippen molar-refractivity contribution >= 4 is 72.5 Å². The number of benzene rings is 7. The molecule has 2 aliphatic carbocycles. The fourth-order valence-electron chi connectivity index (χ4n) is 13.0. The highest BCUT2D eigenvalue weighted by molar-refractivity contribution is 7.33. The molecule has 1 aromatic heterocycles. The Morgan fingerprint density at radius 2 is 1.11 bits per heavy atom. The van der Waals surface area contributed by atoms with Crippen molar-refractivity contribution in [1.82, 2.24) is 0 Å². The van der Waals surface area contributed by atoms with Gasteiger partial charge in [0.25, 0.3) is 6.71 Å². The molecule has 350 valence electrons. The van der Waals surface area contributed by atoms with E-state index in [4.69, 9.17) is 0 Å². The van der Waals surface area contributed by atoms with E-state index < -0.39 is 0 Å². The lowest BCUT2D eigenvalue weighted by molar-refractivity contribution is 0.332. The normalized spacial score (nSPS) is 18.0. The molecule has 12 rings (SSSR count). The Morgan fingerprint density at radius 1 is 0.514 bits per heavy atom. The highest BCUT2D eigenvalue weighted by Gasteiger charge is 2.45. The van der Waals surface area contributed by atoms with Gasteiger partial charge in [-0.15, -0.1) is 11.3 Å². The molecule has 0 amide bonds. The number of nitrogens with zero attached hydrogens (tertiary/aromatic N) is 1. The molecule has 2 aliphatic heterocycles. The molecule has 0 fully saturated rings. The molecule has 8 aromatic rings. The lowest BCUT2D eigenvalue weighted by Crippen LogP contribution is -2.57. The van der Waals surface area contributed by atoms with Crippen molar-refractivity contribution in [2.45, 2.75) is 136 Å². The standard InChI is InChI=1S/C67H68BNS/c1-41-33-46-35-49(45-23-26-51-52(36-45)65(7,8)30-29-64(51,5)6)60-50-38-47(63(2,3)4)25-28-59(50)70-62(60)68-55-37-44(42-19-15-13-16-20-42)24-27-56(55)69(58(34-41)61(46)68)57-40-54-53(66(9,10)31-32-67(54,11)12)39-48(57)43-21-17-14-18-22-43/h13-28,33-40H,29-32H2,1-12H3. The van der Waals surface area contributed by atoms with Gasteiger partial charge in [-0.1, -0.05) is 179 Å². The molecule has 0 unspecified atom stereocenters. The van der Waals surface area contributed by atoms with Crippen LogP contribution in [0.1, 0.15) is 152 Å². The molecule has 3 heterocycles. The molecular formula is C67H68BNS. The average Bonchev–Trinajstić information content (AvgIpc) is 3.64. The van der Waals surface area contributed by atoms with Crippen molar-refractivity contribution in [3.8, 4) is 22.3 Å². The van der Waals surface area contributed by atoms with Gasteiger partial charge < -0.3 is 4.90 Å². The predicted molar refractivity (Wildman–Crippen MR) is 306 cm³/mol. The molecule has 0 N–H and O–H groups in total. The van der Waals surface area contributed by atoms with Crippen LogP contribution in [0.15, 0.2) is 140 Å². The summed E-state index contributed by atoms with van der Waals surface area (Å²) in [4.78, 5) is 2.69. The van der Waals surface area contributed by atoms with Gasteiger partial charge in [-0.2, -0.15) is 0 Å². The molecule has 1 nitrogen and oxygen atoms in total. The number of thiophene rings is 1. The second kappa shape index (κ2) is 15.6. The minimum atomic E-state index is 0.000859. The summed E-state index contributed by atoms with van der Waals surface area (Å²) in [6.07, 6.45) is 7.33. The summed E-state index contributed by atoms with van der Waals surface area (Å²) in [5.74, 6) is 0. The van der Waals surface area contributed by atoms with Crippen molar-refractivity contribution in [2.24, 2.45) is 0 Å². The Bertz CT molecular complexity index is 3480. The zero-order valence-corrected chi connectivity index (χ0v) is 44.4. The van der Waals surface area contributed by atoms with Crippen LogP contribution in [0.2, 0.25) is 0 Å². The molecule has 7 aromatic carbocycles. The smallest absolute Gasteiger partial charge is 0.260 e. The molecule has 0 atom stereocenters. The summed E-state index contributed by atoms with van der Waals surface area (Å²) < 4.78 is 2.80. The Balaban J connectivity index is 1.22. The maximum Gasteiger partial charge on any atom is 0.260 e. The molecule has 70 heavy (non-hydrogen) atoms. The number of hydrogen-bond acceptors (Lipinski definition) is 2. The Morgan fingerprint density at radius 3 is 1.77 bits per heavy atom. The average molecular weight is 930 g/mol. The van der Waals surface area contributed by atoms with Crippen molar-refractivity contribution in [1.29, 1.82) is 0 Å². The van der Waals surface area contributed by atoms with Gasteiger partial charge in [0.15, 0.2) is 0 Å². The van der Waals surface area contributed by atoms with Gasteiger partial charge in [0.05, 0.1) is 5.69 Å². The Labute approximate surface area is 422 Å². The van der Waals surface area contributed by atoms with E-state index in [-0.39, 0.29) is 33.8 Å². The largest absolute Gasteiger partial charge is 0.311 e. The van der Waals surface area contributed by atoms with Crippen LogP contribution in [-0.2, 0) is 27.1 Å². The highest BCUT2D eigenvalue weighted by Crippen LogP contribution is 2.53. The number of aryl methyl sites for hydroxylation is 1. The maximum absolute atomic E-state index is 2.69. The molecule has 4 aliphatic rings. The van der Waals surface area contributed by atoms with E-state index in [2.05, 4.69) is 234 Å². The van der Waals surface area contributed by atoms with Crippen LogP contribution in [0.25, 0.3) is 44.0 Å². The fourth-order valence-corrected chi connectivity index (χ4v) is 14.3. The fraction of sp³-hybridized carbons (Fsp3) is 0.313. The van der Waals surface area contributed by atoms with E-state index in [1.165, 1.54) is 140 Å². The zero-order chi connectivity index (χ0) is 48.9. The van der Waals surface area contributed by atoms with E-state index in [9.17, 15) is 0 Å². The molecule has 0 bridgehead atoms. The molecule has 0 saturated heterocycles. The lowest BCUT2D eigenvalue weighted by Gasteiger charge is -2.44. The molecule has 0 radical (unpaired) electrons. The Hall–Kier alpha value is -5.90. The molecule has 0 spiro atoms. The summed E-state index contributed by atoms with van der Waals surface area (Å²) >= 11 is 2.02. The minimum Gasteiger partial charge on any atom is -0.311 e. The van der Waals surface area contributed by atoms with Gasteiger partial charge >= 0.3 is 0 Å². The first kappa shape index (κ1) is 45.3. The number of hydrogen-bond donors (Lipinski definition) is 0. The van der Waals surface area contributed by atoms with E-state index >= 15 is 0 Å². The number of anilines is 3. The van der Waals surface area contributed by atoms with E-state index in [1.807, 2.05) is 11.3 Å². The third kappa shape index (κ3) is 7.07. The highest BCUT2D eigenvalue weighted by atomic mass is 32.1. The quantitative estimate of drug-likeness (QED) is 0.159. The molecular weight excluding hydrogens is 862 g/mol. The first-order valence-electron chi connectivity index (χ1n) is 26.0. The topological polar surface area (TPSA) is 3.24 Å². The van der Waals surface area contributed by atoms with Crippen molar-refractivity contribution in [3.05, 3.63) is 190 Å². The third-order valence-electron chi connectivity index (χ3n) is 17.4. The van der Waals surface area contributed by atoms with Gasteiger partial charge in [-0.05, 0) is 190 Å². The van der Waals surface area contributed by atoms with E-state index in [0.717, 1.165) is 6.42 Å². The summed E-state index contributed by atoms with van der Waals surface area (Å²) in [5.41, 5.74) is 25.9. The third-order valence-corrected chi connectivity index (χ3v) is 18.7. The van der Waals surface area contributed by atoms with Crippen LogP contribution in [0.4, 0.5) is 17.1 Å². The van der Waals surface area contributed by atoms with Crippen LogP contribution in [0, 0.1) is 6.92 Å². The lowest BCUT2D eigenvalue weighted by atomic mass is 9.36. The van der Waals surface area contributed by atoms with Crippen LogP contribution < -0.4 is 20.6 Å². The SMILES string of the molecule is Cc1cc2c3c(c1)N(c1cc4c(cc1-c1ccccc1)C(C)(C)CCC4(C)C)c1ccc(-c4ccccc4)cc1B3c1sc3ccc(C(C)(C)C)cc3c1C(c1ccc3c(c1)C(C)(C)CCC3(C)C)=C2. The van der Waals surface area contributed by atoms with Crippen molar-refractivity contribution < 1.29 is 0 Å². The van der Waals surface area contributed by atoms with Crippen molar-refractivity contribution in [2.75, 3.05) is 4.90 Å². The first-order valence-corrected chi connectivity index (χ1v) is 26.8. The van der Waals surface area contributed by atoms with Gasteiger partial charge in [0.1, 0.15) is 0 Å². The van der Waals surface area contributed by atoms with Gasteiger partial charge in [-0.25, -0.2) is 0 Å². The zero-order valence-electron chi connectivity index (χ0n) is 43.6. The summed E-state index contributed by atoms with van der Waals surface area (Å²) in [5, 5.41) is 1.37. The summed E-state index contributed by atoms with van der Waals surface area (Å²) in [6.45, 7) is 29.1. The van der Waals surface area contributed by atoms with Crippen molar-refractivity contribution in [3.63, 3.8) is 0 Å². The monoisotopic (exact) mass is 930 g/mol. The van der Waals surface area contributed by atoms with Crippen LogP contribution in [-0.4, -0.2) is 6.71 Å². The van der Waals surface area contributed by atoms with Crippen LogP contribution in [0.5, 0.6) is 0 Å². The predicted octanol–water partition coefficient (Wildman–Crippen LogP) is 16.7. The first-order chi connectivity index (χ1) is 33.2. The number of rotatable bonds is 4. The maximum atomic E-state index is 2.69. The van der Waals surface area contributed by atoms with E-state index in [1.54, 1.807) is 0 Å². The van der Waals surface area contributed by atoms with Gasteiger partial charge in [-0.3, -0.25) is 0 Å². The Kier molecular flexibility index (Phi) is 10.1. The second-order valence-corrected chi connectivity index (χ2v) is 26.2. The molecule has 0 saturated carbocycles. The summed E-state index contributed by atoms with van der Waals surface area (Å²) in [7, 11) is 0. The number of fused-ring (bicyclic) bond motifs is 8. The second-order valence-electron chi connectivity index (χ2n) is 25.1. The minimum absolute atomic E-state index is 0.000859.